The number of piperidine rings is 1. The highest BCUT2D eigenvalue weighted by Crippen LogP contribution is 2.30. The third kappa shape index (κ3) is 2.88. The van der Waals surface area contributed by atoms with Crippen LogP contribution >= 0.6 is 0 Å². The fourth-order valence-corrected chi connectivity index (χ4v) is 3.13. The number of likely N-dealkylation sites (tertiary alicyclic amines) is 1. The zero-order chi connectivity index (χ0) is 14.9. The number of carbonyl (C=O) groups is 1. The normalized spacial score (nSPS) is 18.1. The molecular formula is C17H26N2O. The maximum Gasteiger partial charge on any atom is 0.254 e. The summed E-state index contributed by atoms with van der Waals surface area (Å²) in [5, 5.41) is 0. The Hall–Kier alpha value is -1.35. The van der Waals surface area contributed by atoms with Crippen molar-refractivity contribution in [3.8, 4) is 0 Å². The first-order valence-corrected chi connectivity index (χ1v) is 7.43. The fourth-order valence-electron chi connectivity index (χ4n) is 3.13. The Morgan fingerprint density at radius 1 is 1.20 bits per heavy atom. The van der Waals surface area contributed by atoms with E-state index in [1.54, 1.807) is 0 Å². The number of rotatable bonds is 2. The fraction of sp³-hybridized carbons (Fsp3) is 0.588. The van der Waals surface area contributed by atoms with Crippen LogP contribution in [0.15, 0.2) is 12.1 Å². The molecule has 0 bridgehead atoms. The molecule has 2 N–H and O–H groups in total. The van der Waals surface area contributed by atoms with Gasteiger partial charge in [0.05, 0.1) is 0 Å². The Morgan fingerprint density at radius 2 is 1.70 bits per heavy atom. The van der Waals surface area contributed by atoms with Gasteiger partial charge in [-0.2, -0.15) is 0 Å². The number of benzene rings is 1. The van der Waals surface area contributed by atoms with Gasteiger partial charge in [0.25, 0.3) is 5.91 Å². The molecule has 3 heteroatoms. The van der Waals surface area contributed by atoms with E-state index in [0.717, 1.165) is 42.6 Å². The SMILES string of the molecule is Cc1cc(C)c(C(=O)N2CCC(C)(CN)CC2)c(C)c1. The lowest BCUT2D eigenvalue weighted by Crippen LogP contribution is -2.45. The van der Waals surface area contributed by atoms with E-state index >= 15 is 0 Å². The first-order chi connectivity index (χ1) is 9.36. The van der Waals surface area contributed by atoms with Crippen LogP contribution in [0.25, 0.3) is 0 Å². The molecule has 20 heavy (non-hydrogen) atoms. The quantitative estimate of drug-likeness (QED) is 0.901. The minimum Gasteiger partial charge on any atom is -0.339 e. The highest BCUT2D eigenvalue weighted by molar-refractivity contribution is 5.97. The second-order valence-corrected chi connectivity index (χ2v) is 6.58. The van der Waals surface area contributed by atoms with Gasteiger partial charge in [-0.3, -0.25) is 4.79 Å². The average molecular weight is 274 g/mol. The average Bonchev–Trinajstić information content (AvgIpc) is 2.38. The van der Waals surface area contributed by atoms with E-state index in [0.29, 0.717) is 6.54 Å². The van der Waals surface area contributed by atoms with Gasteiger partial charge >= 0.3 is 0 Å². The van der Waals surface area contributed by atoms with Crippen molar-refractivity contribution in [2.75, 3.05) is 19.6 Å². The summed E-state index contributed by atoms with van der Waals surface area (Å²) in [6, 6.07) is 4.18. The van der Waals surface area contributed by atoms with Gasteiger partial charge in [-0.15, -0.1) is 0 Å². The van der Waals surface area contributed by atoms with E-state index in [2.05, 4.69) is 26.0 Å². The monoisotopic (exact) mass is 274 g/mol. The molecular weight excluding hydrogens is 248 g/mol. The molecule has 110 valence electrons. The molecule has 1 saturated heterocycles. The summed E-state index contributed by atoms with van der Waals surface area (Å²) in [6.45, 7) is 10.7. The van der Waals surface area contributed by atoms with Gasteiger partial charge in [0.15, 0.2) is 0 Å². The molecule has 0 aromatic heterocycles. The summed E-state index contributed by atoms with van der Waals surface area (Å²) in [6.07, 6.45) is 2.00. The minimum atomic E-state index is 0.180. The Bertz CT molecular complexity index is 491. The highest BCUT2D eigenvalue weighted by Gasteiger charge is 2.31. The van der Waals surface area contributed by atoms with Crippen molar-refractivity contribution < 1.29 is 4.79 Å². The molecule has 1 fully saturated rings. The second-order valence-electron chi connectivity index (χ2n) is 6.58. The zero-order valence-electron chi connectivity index (χ0n) is 13.1. The molecule has 1 aromatic rings. The Morgan fingerprint density at radius 3 is 2.15 bits per heavy atom. The summed E-state index contributed by atoms with van der Waals surface area (Å²) < 4.78 is 0. The summed E-state index contributed by atoms with van der Waals surface area (Å²) in [5.41, 5.74) is 10.3. The van der Waals surface area contributed by atoms with E-state index in [4.69, 9.17) is 5.73 Å². The third-order valence-corrected chi connectivity index (χ3v) is 4.64. The van der Waals surface area contributed by atoms with E-state index in [1.807, 2.05) is 18.7 Å². The summed E-state index contributed by atoms with van der Waals surface area (Å²) in [4.78, 5) is 14.7. The van der Waals surface area contributed by atoms with Crippen molar-refractivity contribution in [3.05, 3.63) is 34.4 Å². The van der Waals surface area contributed by atoms with Crippen molar-refractivity contribution in [2.24, 2.45) is 11.1 Å². The predicted molar refractivity (Wildman–Crippen MR) is 83.0 cm³/mol. The van der Waals surface area contributed by atoms with Gasteiger partial charge < -0.3 is 10.6 Å². The molecule has 1 aliphatic rings. The molecule has 0 saturated carbocycles. The van der Waals surface area contributed by atoms with Gasteiger partial charge in [-0.1, -0.05) is 24.6 Å². The maximum atomic E-state index is 12.7. The van der Waals surface area contributed by atoms with E-state index in [9.17, 15) is 4.79 Å². The molecule has 1 aliphatic heterocycles. The highest BCUT2D eigenvalue weighted by atomic mass is 16.2. The lowest BCUT2D eigenvalue weighted by Gasteiger charge is -2.39. The Labute approximate surface area is 122 Å². The van der Waals surface area contributed by atoms with Crippen molar-refractivity contribution in [1.82, 2.24) is 4.90 Å². The van der Waals surface area contributed by atoms with Gasteiger partial charge in [0.2, 0.25) is 0 Å². The lowest BCUT2D eigenvalue weighted by atomic mass is 9.80. The van der Waals surface area contributed by atoms with Crippen LogP contribution in [0, 0.1) is 26.2 Å². The Balaban J connectivity index is 2.18. The number of hydrogen-bond donors (Lipinski definition) is 1. The molecule has 1 heterocycles. The second kappa shape index (κ2) is 5.57. The molecule has 0 atom stereocenters. The molecule has 2 rings (SSSR count). The molecule has 0 radical (unpaired) electrons. The molecule has 3 nitrogen and oxygen atoms in total. The first-order valence-electron chi connectivity index (χ1n) is 7.43. The molecule has 0 aliphatic carbocycles. The minimum absolute atomic E-state index is 0.180. The maximum absolute atomic E-state index is 12.7. The van der Waals surface area contributed by atoms with Crippen molar-refractivity contribution in [2.45, 2.75) is 40.5 Å². The lowest BCUT2D eigenvalue weighted by molar-refractivity contribution is 0.0616. The van der Waals surface area contributed by atoms with Crippen LogP contribution in [0.4, 0.5) is 0 Å². The van der Waals surface area contributed by atoms with Crippen molar-refractivity contribution >= 4 is 5.91 Å². The number of hydrogen-bond acceptors (Lipinski definition) is 2. The van der Waals surface area contributed by atoms with Gasteiger partial charge in [-0.25, -0.2) is 0 Å². The topological polar surface area (TPSA) is 46.3 Å². The smallest absolute Gasteiger partial charge is 0.254 e. The first kappa shape index (κ1) is 15.0. The number of nitrogens with two attached hydrogens (primary N) is 1. The number of nitrogens with zero attached hydrogens (tertiary/aromatic N) is 1. The van der Waals surface area contributed by atoms with E-state index in [-0.39, 0.29) is 11.3 Å². The molecule has 0 unspecified atom stereocenters. The molecule has 0 spiro atoms. The molecule has 1 amide bonds. The van der Waals surface area contributed by atoms with Crippen LogP contribution in [0.1, 0.15) is 46.8 Å². The van der Waals surface area contributed by atoms with Crippen LogP contribution in [0.5, 0.6) is 0 Å². The van der Waals surface area contributed by atoms with Crippen molar-refractivity contribution in [1.29, 1.82) is 0 Å². The van der Waals surface area contributed by atoms with Crippen LogP contribution in [-0.4, -0.2) is 30.4 Å². The van der Waals surface area contributed by atoms with Crippen LogP contribution in [0.3, 0.4) is 0 Å². The van der Waals surface area contributed by atoms with Crippen molar-refractivity contribution in [3.63, 3.8) is 0 Å². The van der Waals surface area contributed by atoms with Gasteiger partial charge in [-0.05, 0) is 56.7 Å². The zero-order valence-corrected chi connectivity index (χ0v) is 13.1. The number of aryl methyl sites for hydroxylation is 3. The predicted octanol–water partition coefficient (Wildman–Crippen LogP) is 2.81. The third-order valence-electron chi connectivity index (χ3n) is 4.64. The van der Waals surface area contributed by atoms with Gasteiger partial charge in [0, 0.05) is 18.7 Å². The van der Waals surface area contributed by atoms with E-state index < -0.39 is 0 Å². The summed E-state index contributed by atoms with van der Waals surface area (Å²) in [5.74, 6) is 0.180. The van der Waals surface area contributed by atoms with Crippen LogP contribution < -0.4 is 5.73 Å². The number of amides is 1. The summed E-state index contributed by atoms with van der Waals surface area (Å²) >= 11 is 0. The van der Waals surface area contributed by atoms with Gasteiger partial charge in [0.1, 0.15) is 0 Å². The number of carbonyl (C=O) groups excluding carboxylic acids is 1. The van der Waals surface area contributed by atoms with Crippen LogP contribution in [-0.2, 0) is 0 Å². The van der Waals surface area contributed by atoms with Crippen LogP contribution in [0.2, 0.25) is 0 Å². The largest absolute Gasteiger partial charge is 0.339 e. The molecule has 1 aromatic carbocycles. The van der Waals surface area contributed by atoms with E-state index in [1.165, 1.54) is 5.56 Å². The summed E-state index contributed by atoms with van der Waals surface area (Å²) in [7, 11) is 0. The standard InChI is InChI=1S/C17H26N2O/c1-12-9-13(2)15(14(3)10-12)16(20)19-7-5-17(4,11-18)6-8-19/h9-10H,5-8,11,18H2,1-4H3. The Kier molecular flexibility index (Phi) is 4.19.